The molecule has 1 aliphatic carbocycles. The third-order valence-electron chi connectivity index (χ3n) is 6.05. The largest absolute Gasteiger partial charge is 0.366 e. The molecule has 0 aromatic heterocycles. The number of likely N-dealkylation sites (tertiary alicyclic amines) is 1. The number of hydrogen-bond acceptors (Lipinski definition) is 3. The van der Waals surface area contributed by atoms with Gasteiger partial charge in [-0.1, -0.05) is 31.4 Å². The van der Waals surface area contributed by atoms with E-state index in [0.717, 1.165) is 18.7 Å². The molecular weight excluding hydrogens is 302 g/mol. The molecule has 2 heterocycles. The summed E-state index contributed by atoms with van der Waals surface area (Å²) in [5.74, 6) is -0.549. The predicted molar refractivity (Wildman–Crippen MR) is 91.8 cm³/mol. The zero-order valence-corrected chi connectivity index (χ0v) is 14.2. The lowest BCUT2D eigenvalue weighted by Gasteiger charge is -2.50. The molecule has 2 aliphatic heterocycles. The van der Waals surface area contributed by atoms with Gasteiger partial charge in [0, 0.05) is 19.1 Å². The quantitative estimate of drug-likeness (QED) is 0.926. The van der Waals surface area contributed by atoms with E-state index in [2.05, 4.69) is 11.8 Å². The monoisotopic (exact) mass is 327 g/mol. The molecule has 1 unspecified atom stereocenters. The minimum atomic E-state index is -0.522. The lowest BCUT2D eigenvalue weighted by molar-refractivity contribution is -0.00936. The first-order valence-electron chi connectivity index (χ1n) is 9.07. The van der Waals surface area contributed by atoms with Crippen LogP contribution in [0.2, 0.25) is 0 Å². The Bertz CT molecular complexity index is 675. The van der Waals surface area contributed by atoms with Crippen molar-refractivity contribution in [2.45, 2.75) is 57.2 Å². The summed E-state index contributed by atoms with van der Waals surface area (Å²) in [7, 11) is 0. The molecule has 1 aromatic carbocycles. The molecule has 1 aromatic rings. The molecule has 1 saturated carbocycles. The van der Waals surface area contributed by atoms with Crippen LogP contribution >= 0.6 is 0 Å². The maximum absolute atomic E-state index is 12.9. The Morgan fingerprint density at radius 1 is 1.12 bits per heavy atom. The highest BCUT2D eigenvalue weighted by Gasteiger charge is 2.45. The summed E-state index contributed by atoms with van der Waals surface area (Å²) < 4.78 is 0. The summed E-state index contributed by atoms with van der Waals surface area (Å²) in [6.45, 7) is 3.97. The average Bonchev–Trinajstić information content (AvgIpc) is 2.80. The van der Waals surface area contributed by atoms with Crippen molar-refractivity contribution in [1.82, 2.24) is 9.80 Å². The minimum Gasteiger partial charge on any atom is -0.366 e. The first-order valence-corrected chi connectivity index (χ1v) is 9.07. The maximum atomic E-state index is 12.9. The Morgan fingerprint density at radius 3 is 2.50 bits per heavy atom. The lowest BCUT2D eigenvalue weighted by Crippen LogP contribution is -2.62. The van der Waals surface area contributed by atoms with E-state index in [1.807, 2.05) is 17.0 Å². The molecule has 0 radical (unpaired) electrons. The number of carbonyl (C=O) groups excluding carboxylic acids is 2. The van der Waals surface area contributed by atoms with E-state index in [0.29, 0.717) is 17.2 Å². The van der Waals surface area contributed by atoms with Gasteiger partial charge in [-0.05, 0) is 31.4 Å². The first kappa shape index (κ1) is 15.6. The SMILES string of the molecule is CC1c2cccc(C(N)=O)c2C(=O)N1C1CN(C2CCCCC2)C1. The summed E-state index contributed by atoms with van der Waals surface area (Å²) in [6, 6.07) is 6.40. The zero-order valence-electron chi connectivity index (χ0n) is 14.2. The molecule has 2 N–H and O–H groups in total. The van der Waals surface area contributed by atoms with Crippen LogP contribution in [0.3, 0.4) is 0 Å². The third kappa shape index (κ3) is 2.34. The molecule has 1 saturated heterocycles. The number of carbonyl (C=O) groups is 2. The molecule has 2 fully saturated rings. The van der Waals surface area contributed by atoms with Gasteiger partial charge < -0.3 is 10.6 Å². The van der Waals surface area contributed by atoms with Crippen LogP contribution in [-0.4, -0.2) is 46.8 Å². The molecule has 5 nitrogen and oxygen atoms in total. The van der Waals surface area contributed by atoms with Gasteiger partial charge in [-0.15, -0.1) is 0 Å². The van der Waals surface area contributed by atoms with E-state index < -0.39 is 5.91 Å². The second-order valence-corrected chi connectivity index (χ2v) is 7.42. The Balaban J connectivity index is 1.51. The highest BCUT2D eigenvalue weighted by atomic mass is 16.2. The standard InChI is InChI=1S/C19H25N3O2/c1-12-15-8-5-9-16(18(20)23)17(15)19(24)22(12)14-10-21(11-14)13-6-3-2-4-7-13/h5,8-9,12-14H,2-4,6-7,10-11H2,1H3,(H2,20,23). The van der Waals surface area contributed by atoms with Crippen LogP contribution in [0.5, 0.6) is 0 Å². The number of rotatable bonds is 3. The Kier molecular flexibility index (Phi) is 3.83. The molecule has 0 spiro atoms. The van der Waals surface area contributed by atoms with Crippen molar-refractivity contribution in [3.63, 3.8) is 0 Å². The molecule has 3 aliphatic rings. The number of amides is 2. The predicted octanol–water partition coefficient (Wildman–Crippen LogP) is 2.32. The van der Waals surface area contributed by atoms with Gasteiger partial charge >= 0.3 is 0 Å². The Labute approximate surface area is 142 Å². The van der Waals surface area contributed by atoms with Crippen LogP contribution in [0.4, 0.5) is 0 Å². The fourth-order valence-electron chi connectivity index (χ4n) is 4.71. The van der Waals surface area contributed by atoms with Crippen LogP contribution in [0, 0.1) is 0 Å². The maximum Gasteiger partial charge on any atom is 0.255 e. The number of benzene rings is 1. The van der Waals surface area contributed by atoms with Crippen molar-refractivity contribution in [3.05, 3.63) is 34.9 Å². The molecule has 4 rings (SSSR count). The summed E-state index contributed by atoms with van der Waals surface area (Å²) in [6.07, 6.45) is 6.61. The highest BCUT2D eigenvalue weighted by Crippen LogP contribution is 2.39. The summed E-state index contributed by atoms with van der Waals surface area (Å²) in [5, 5.41) is 0. The number of nitrogens with two attached hydrogens (primary N) is 1. The van der Waals surface area contributed by atoms with E-state index in [9.17, 15) is 9.59 Å². The van der Waals surface area contributed by atoms with Crippen molar-refractivity contribution in [3.8, 4) is 0 Å². The minimum absolute atomic E-state index is 0.0188. The zero-order chi connectivity index (χ0) is 16.8. The number of fused-ring (bicyclic) bond motifs is 1. The van der Waals surface area contributed by atoms with Crippen LogP contribution in [0.15, 0.2) is 18.2 Å². The van der Waals surface area contributed by atoms with Crippen molar-refractivity contribution in [2.75, 3.05) is 13.1 Å². The van der Waals surface area contributed by atoms with E-state index in [-0.39, 0.29) is 18.0 Å². The molecule has 1 atom stereocenters. The first-order chi connectivity index (χ1) is 11.6. The van der Waals surface area contributed by atoms with Gasteiger partial charge in [-0.25, -0.2) is 0 Å². The molecule has 128 valence electrons. The number of hydrogen-bond donors (Lipinski definition) is 1. The highest BCUT2D eigenvalue weighted by molar-refractivity contribution is 6.09. The summed E-state index contributed by atoms with van der Waals surface area (Å²) in [5.41, 5.74) is 7.28. The molecule has 2 amide bonds. The smallest absolute Gasteiger partial charge is 0.255 e. The molecule has 5 heteroatoms. The van der Waals surface area contributed by atoms with Crippen molar-refractivity contribution >= 4 is 11.8 Å². The Morgan fingerprint density at radius 2 is 1.83 bits per heavy atom. The van der Waals surface area contributed by atoms with E-state index in [1.165, 1.54) is 32.1 Å². The lowest BCUT2D eigenvalue weighted by atomic mass is 9.90. The number of primary amides is 1. The van der Waals surface area contributed by atoms with Crippen molar-refractivity contribution < 1.29 is 9.59 Å². The average molecular weight is 327 g/mol. The summed E-state index contributed by atoms with van der Waals surface area (Å²) >= 11 is 0. The normalized spacial score (nSPS) is 25.6. The van der Waals surface area contributed by atoms with Gasteiger partial charge in [0.2, 0.25) is 5.91 Å². The molecule has 24 heavy (non-hydrogen) atoms. The fourth-order valence-corrected chi connectivity index (χ4v) is 4.71. The van der Waals surface area contributed by atoms with Crippen LogP contribution in [0.1, 0.15) is 71.3 Å². The van der Waals surface area contributed by atoms with Crippen LogP contribution in [0.25, 0.3) is 0 Å². The second-order valence-electron chi connectivity index (χ2n) is 7.42. The van der Waals surface area contributed by atoms with Crippen LogP contribution in [-0.2, 0) is 0 Å². The van der Waals surface area contributed by atoms with Gasteiger partial charge in [-0.2, -0.15) is 0 Å². The molecule has 0 bridgehead atoms. The second kappa shape index (κ2) is 5.88. The van der Waals surface area contributed by atoms with Gasteiger partial charge in [-0.3, -0.25) is 14.5 Å². The van der Waals surface area contributed by atoms with Gasteiger partial charge in [0.15, 0.2) is 0 Å². The van der Waals surface area contributed by atoms with Crippen molar-refractivity contribution in [1.29, 1.82) is 0 Å². The number of nitrogens with zero attached hydrogens (tertiary/aromatic N) is 2. The van der Waals surface area contributed by atoms with Crippen LogP contribution < -0.4 is 5.73 Å². The molecular formula is C19H25N3O2. The van der Waals surface area contributed by atoms with E-state index in [1.54, 1.807) is 6.07 Å². The van der Waals surface area contributed by atoms with Crippen molar-refractivity contribution in [2.24, 2.45) is 5.73 Å². The topological polar surface area (TPSA) is 66.6 Å². The van der Waals surface area contributed by atoms with E-state index in [4.69, 9.17) is 5.73 Å². The fraction of sp³-hybridized carbons (Fsp3) is 0.579. The Hall–Kier alpha value is -1.88. The van der Waals surface area contributed by atoms with Gasteiger partial charge in [0.05, 0.1) is 23.2 Å². The van der Waals surface area contributed by atoms with E-state index >= 15 is 0 Å². The third-order valence-corrected chi connectivity index (χ3v) is 6.05. The van der Waals surface area contributed by atoms with Gasteiger partial charge in [0.1, 0.15) is 0 Å². The van der Waals surface area contributed by atoms with Gasteiger partial charge in [0.25, 0.3) is 5.91 Å². The summed E-state index contributed by atoms with van der Waals surface area (Å²) in [4.78, 5) is 29.1.